The fraction of sp³-hybridized carbons (Fsp3) is 0.312. The van der Waals surface area contributed by atoms with Crippen molar-refractivity contribution in [1.29, 1.82) is 0 Å². The van der Waals surface area contributed by atoms with E-state index < -0.39 is 0 Å². The summed E-state index contributed by atoms with van der Waals surface area (Å²) in [5, 5.41) is 9.60. The molecule has 2 heterocycles. The first-order chi connectivity index (χ1) is 11.1. The van der Waals surface area contributed by atoms with Gasteiger partial charge in [0.2, 0.25) is 0 Å². The maximum atomic E-state index is 12.5. The van der Waals surface area contributed by atoms with E-state index >= 15 is 0 Å². The van der Waals surface area contributed by atoms with E-state index in [1.807, 2.05) is 29.2 Å². The van der Waals surface area contributed by atoms with Crippen molar-refractivity contribution < 1.29 is 14.6 Å². The molecule has 0 radical (unpaired) electrons. The minimum atomic E-state index is -0.0228. The van der Waals surface area contributed by atoms with Gasteiger partial charge in [-0.25, -0.2) is 0 Å². The largest absolute Gasteiger partial charge is 0.506 e. The molecular formula is C16H17BrN2O3S. The number of carbonyl (C=O) groups is 1. The first-order valence-electron chi connectivity index (χ1n) is 7.25. The van der Waals surface area contributed by atoms with Crippen molar-refractivity contribution in [2.45, 2.75) is 0 Å². The Morgan fingerprint density at radius 3 is 2.39 bits per heavy atom. The maximum absolute atomic E-state index is 12.5. The van der Waals surface area contributed by atoms with Crippen molar-refractivity contribution in [2.75, 3.05) is 38.2 Å². The summed E-state index contributed by atoms with van der Waals surface area (Å²) in [6.45, 7) is 2.91. The Hall–Kier alpha value is -1.73. The minimum Gasteiger partial charge on any atom is -0.506 e. The zero-order valence-electron chi connectivity index (χ0n) is 12.7. The summed E-state index contributed by atoms with van der Waals surface area (Å²) in [7, 11) is 1.65. The highest BCUT2D eigenvalue weighted by atomic mass is 79.9. The molecule has 1 aromatic carbocycles. The number of rotatable bonds is 3. The van der Waals surface area contributed by atoms with E-state index in [2.05, 4.69) is 20.8 Å². The molecule has 3 rings (SSSR count). The molecule has 1 saturated heterocycles. The van der Waals surface area contributed by atoms with E-state index in [0.29, 0.717) is 21.8 Å². The van der Waals surface area contributed by atoms with Crippen molar-refractivity contribution in [2.24, 2.45) is 0 Å². The highest BCUT2D eigenvalue weighted by Gasteiger charge is 2.24. The molecule has 2 aromatic rings. The molecule has 23 heavy (non-hydrogen) atoms. The lowest BCUT2D eigenvalue weighted by Crippen LogP contribution is -2.48. The second-order valence-electron chi connectivity index (χ2n) is 5.25. The summed E-state index contributed by atoms with van der Waals surface area (Å²) < 4.78 is 5.77. The van der Waals surface area contributed by atoms with Crippen LogP contribution >= 0.6 is 27.3 Å². The van der Waals surface area contributed by atoms with Gasteiger partial charge in [-0.2, -0.15) is 0 Å². The molecule has 1 amide bonds. The number of halogens is 1. The van der Waals surface area contributed by atoms with Gasteiger partial charge in [0.1, 0.15) is 15.3 Å². The molecule has 0 bridgehead atoms. The minimum absolute atomic E-state index is 0.0228. The molecule has 122 valence electrons. The molecule has 5 nitrogen and oxygen atoms in total. The van der Waals surface area contributed by atoms with Crippen LogP contribution in [0, 0.1) is 0 Å². The third-order valence-corrected chi connectivity index (χ3v) is 5.68. The van der Waals surface area contributed by atoms with Crippen LogP contribution in [-0.4, -0.2) is 49.2 Å². The van der Waals surface area contributed by atoms with Crippen molar-refractivity contribution in [3.8, 4) is 11.5 Å². The third-order valence-electron chi connectivity index (χ3n) is 3.88. The molecular weight excluding hydrogens is 380 g/mol. The lowest BCUT2D eigenvalue weighted by Gasteiger charge is -2.36. The molecule has 7 heteroatoms. The van der Waals surface area contributed by atoms with Crippen molar-refractivity contribution in [3.63, 3.8) is 0 Å². The van der Waals surface area contributed by atoms with E-state index in [-0.39, 0.29) is 11.7 Å². The lowest BCUT2D eigenvalue weighted by molar-refractivity contribution is 0.0751. The highest BCUT2D eigenvalue weighted by molar-refractivity contribution is 9.11. The fourth-order valence-electron chi connectivity index (χ4n) is 2.58. The number of piperazine rings is 1. The highest BCUT2D eigenvalue weighted by Crippen LogP contribution is 2.34. The van der Waals surface area contributed by atoms with E-state index in [1.54, 1.807) is 7.11 Å². The summed E-state index contributed by atoms with van der Waals surface area (Å²) in [5.74, 6) is 0.936. The molecule has 0 saturated carbocycles. The van der Waals surface area contributed by atoms with Gasteiger partial charge < -0.3 is 19.6 Å². The maximum Gasteiger partial charge on any atom is 0.264 e. The topological polar surface area (TPSA) is 53.0 Å². The number of amides is 1. The Labute approximate surface area is 147 Å². The van der Waals surface area contributed by atoms with Gasteiger partial charge in [-0.1, -0.05) is 0 Å². The molecule has 1 fully saturated rings. The number of methoxy groups -OCH3 is 1. The summed E-state index contributed by atoms with van der Waals surface area (Å²) in [6, 6.07) is 9.47. The number of benzene rings is 1. The number of thiophene rings is 1. The van der Waals surface area contributed by atoms with Crippen molar-refractivity contribution >= 4 is 38.9 Å². The first-order valence-corrected chi connectivity index (χ1v) is 8.86. The fourth-order valence-corrected chi connectivity index (χ4v) is 3.96. The van der Waals surface area contributed by atoms with Crippen molar-refractivity contribution in [3.05, 3.63) is 39.0 Å². The summed E-state index contributed by atoms with van der Waals surface area (Å²) in [5.41, 5.74) is 1.13. The number of anilines is 1. The molecule has 1 aliphatic heterocycles. The quantitative estimate of drug-likeness (QED) is 0.865. The SMILES string of the molecule is COc1ccc(N2CCN(C(=O)c3cc(O)c(Br)s3)CC2)cc1. The average molecular weight is 397 g/mol. The van der Waals surface area contributed by atoms with Crippen LogP contribution in [0.1, 0.15) is 9.67 Å². The zero-order chi connectivity index (χ0) is 16.4. The van der Waals surface area contributed by atoms with Gasteiger partial charge in [-0.15, -0.1) is 11.3 Å². The van der Waals surface area contributed by atoms with Crippen LogP contribution in [0.5, 0.6) is 11.5 Å². The predicted molar refractivity (Wildman–Crippen MR) is 94.8 cm³/mol. The lowest BCUT2D eigenvalue weighted by atomic mass is 10.2. The van der Waals surface area contributed by atoms with Crippen molar-refractivity contribution in [1.82, 2.24) is 4.90 Å². The Kier molecular flexibility index (Phi) is 4.77. The molecule has 1 aromatic heterocycles. The van der Waals surface area contributed by atoms with E-state index in [0.717, 1.165) is 24.5 Å². The third kappa shape index (κ3) is 3.45. The van der Waals surface area contributed by atoms with Crippen LogP contribution in [-0.2, 0) is 0 Å². The number of aromatic hydroxyl groups is 1. The van der Waals surface area contributed by atoms with Gasteiger partial charge in [0.25, 0.3) is 5.91 Å². The van der Waals surface area contributed by atoms with Crippen LogP contribution in [0.15, 0.2) is 34.1 Å². The standard InChI is InChI=1S/C16H17BrN2O3S/c1-22-12-4-2-11(3-5-12)18-6-8-19(9-7-18)16(21)14-10-13(20)15(17)23-14/h2-5,10,20H,6-9H2,1H3. The van der Waals surface area contributed by atoms with Crippen LogP contribution in [0.2, 0.25) is 0 Å². The Bertz CT molecular complexity index is 674. The molecule has 1 N–H and O–H groups in total. The number of hydrogen-bond acceptors (Lipinski definition) is 5. The van der Waals surface area contributed by atoms with Gasteiger partial charge in [0.05, 0.1) is 12.0 Å². The van der Waals surface area contributed by atoms with E-state index in [1.165, 1.54) is 17.4 Å². The van der Waals surface area contributed by atoms with Gasteiger partial charge >= 0.3 is 0 Å². The summed E-state index contributed by atoms with van der Waals surface area (Å²) >= 11 is 4.50. The molecule has 0 unspecified atom stereocenters. The number of ether oxygens (including phenoxy) is 1. The zero-order valence-corrected chi connectivity index (χ0v) is 15.1. The predicted octanol–water partition coefficient (Wildman–Crippen LogP) is 3.19. The second-order valence-corrected chi connectivity index (χ2v) is 7.62. The van der Waals surface area contributed by atoms with Gasteiger partial charge in [-0.3, -0.25) is 4.79 Å². The van der Waals surface area contributed by atoms with Gasteiger partial charge in [0.15, 0.2) is 0 Å². The molecule has 0 aliphatic carbocycles. The molecule has 0 spiro atoms. The number of hydrogen-bond donors (Lipinski definition) is 1. The Balaban J connectivity index is 1.62. The van der Waals surface area contributed by atoms with Gasteiger partial charge in [0, 0.05) is 37.9 Å². The Morgan fingerprint density at radius 1 is 1.22 bits per heavy atom. The van der Waals surface area contributed by atoms with E-state index in [9.17, 15) is 9.90 Å². The van der Waals surface area contributed by atoms with Crippen LogP contribution in [0.25, 0.3) is 0 Å². The number of carbonyl (C=O) groups excluding carboxylic acids is 1. The smallest absolute Gasteiger partial charge is 0.264 e. The average Bonchev–Trinajstić information content (AvgIpc) is 2.93. The molecule has 1 aliphatic rings. The van der Waals surface area contributed by atoms with E-state index in [4.69, 9.17) is 4.74 Å². The van der Waals surface area contributed by atoms with Crippen LogP contribution in [0.4, 0.5) is 5.69 Å². The number of nitrogens with zero attached hydrogens (tertiary/aromatic N) is 2. The second kappa shape index (κ2) is 6.80. The summed E-state index contributed by atoms with van der Waals surface area (Å²) in [6.07, 6.45) is 0. The van der Waals surface area contributed by atoms with Crippen LogP contribution < -0.4 is 9.64 Å². The van der Waals surface area contributed by atoms with Gasteiger partial charge in [-0.05, 0) is 40.2 Å². The monoisotopic (exact) mass is 396 g/mol. The Morgan fingerprint density at radius 2 is 1.87 bits per heavy atom. The summed E-state index contributed by atoms with van der Waals surface area (Å²) in [4.78, 5) is 17.1. The first kappa shape index (κ1) is 16.1. The van der Waals surface area contributed by atoms with Crippen LogP contribution in [0.3, 0.4) is 0 Å². The normalized spacial score (nSPS) is 14.9. The molecule has 0 atom stereocenters.